The lowest BCUT2D eigenvalue weighted by Gasteiger charge is -2.31. The maximum atomic E-state index is 13.0. The normalized spacial score (nSPS) is 15.1. The molecule has 7 nitrogen and oxygen atoms in total. The number of methoxy groups -OCH3 is 1. The number of sulfone groups is 1. The van der Waals surface area contributed by atoms with Crippen LogP contribution in [0.25, 0.3) is 10.2 Å². The van der Waals surface area contributed by atoms with Crippen molar-refractivity contribution in [2.75, 3.05) is 26.0 Å². The highest BCUT2D eigenvalue weighted by molar-refractivity contribution is 7.91. The molecule has 1 aromatic heterocycles. The summed E-state index contributed by atoms with van der Waals surface area (Å²) in [5.74, 6) is -0.249. The van der Waals surface area contributed by atoms with Gasteiger partial charge in [0.1, 0.15) is 17.7 Å². The van der Waals surface area contributed by atoms with E-state index in [0.29, 0.717) is 31.1 Å². The average Bonchev–Trinajstić information content (AvgIpc) is 3.19. The topological polar surface area (TPSA) is 85.8 Å². The van der Waals surface area contributed by atoms with Crippen molar-refractivity contribution in [3.8, 4) is 10.9 Å². The van der Waals surface area contributed by atoms with E-state index in [4.69, 9.17) is 9.47 Å². The lowest BCUT2D eigenvalue weighted by Crippen LogP contribution is -2.42. The fourth-order valence-corrected chi connectivity index (χ4v) is 5.71. The summed E-state index contributed by atoms with van der Waals surface area (Å²) in [4.78, 5) is 18.7. The standard InChI is InChI=1S/C22H23FN2O5S2/c1-29-17-4-7-19-20(14-17)31-22(24-19)30-16-8-11-25(12-9-16)21(26)10-13-32(27,28)18-5-2-15(23)3-6-18/h2-7,14,16H,8-13H2,1H3. The van der Waals surface area contributed by atoms with Crippen LogP contribution >= 0.6 is 11.3 Å². The number of aromatic nitrogens is 1. The number of carbonyl (C=O) groups excluding carboxylic acids is 1. The summed E-state index contributed by atoms with van der Waals surface area (Å²) in [6.07, 6.45) is 1.14. The van der Waals surface area contributed by atoms with E-state index in [1.807, 2.05) is 18.2 Å². The van der Waals surface area contributed by atoms with Gasteiger partial charge in [0.25, 0.3) is 5.19 Å². The van der Waals surface area contributed by atoms with Crippen molar-refractivity contribution in [3.63, 3.8) is 0 Å². The average molecular weight is 479 g/mol. The molecule has 0 spiro atoms. The number of ether oxygens (including phenoxy) is 2. The number of amides is 1. The van der Waals surface area contributed by atoms with E-state index < -0.39 is 15.7 Å². The molecule has 0 atom stereocenters. The summed E-state index contributed by atoms with van der Waals surface area (Å²) < 4.78 is 50.0. The van der Waals surface area contributed by atoms with Crippen LogP contribution in [0.1, 0.15) is 19.3 Å². The number of fused-ring (bicyclic) bond motifs is 1. The van der Waals surface area contributed by atoms with Crippen molar-refractivity contribution in [3.05, 3.63) is 48.3 Å². The Morgan fingerprint density at radius 1 is 1.19 bits per heavy atom. The number of thiazole rings is 1. The molecule has 1 fully saturated rings. The fourth-order valence-electron chi connectivity index (χ4n) is 3.57. The van der Waals surface area contributed by atoms with Gasteiger partial charge in [-0.25, -0.2) is 17.8 Å². The Hall–Kier alpha value is -2.72. The van der Waals surface area contributed by atoms with Gasteiger partial charge in [0.05, 0.1) is 28.0 Å². The van der Waals surface area contributed by atoms with Crippen LogP contribution in [0.5, 0.6) is 10.9 Å². The van der Waals surface area contributed by atoms with E-state index in [-0.39, 0.29) is 29.1 Å². The Bertz CT molecular complexity index is 1200. The van der Waals surface area contributed by atoms with Crippen molar-refractivity contribution in [2.24, 2.45) is 0 Å². The highest BCUT2D eigenvalue weighted by Gasteiger charge is 2.26. The number of likely N-dealkylation sites (tertiary alicyclic amines) is 1. The molecule has 0 unspecified atom stereocenters. The van der Waals surface area contributed by atoms with Crippen LogP contribution in [0.4, 0.5) is 4.39 Å². The Balaban J connectivity index is 1.27. The fraction of sp³-hybridized carbons (Fsp3) is 0.364. The first-order chi connectivity index (χ1) is 15.3. The maximum Gasteiger partial charge on any atom is 0.274 e. The van der Waals surface area contributed by atoms with E-state index in [2.05, 4.69) is 4.98 Å². The van der Waals surface area contributed by atoms with Crippen LogP contribution in [-0.2, 0) is 14.6 Å². The van der Waals surface area contributed by atoms with Gasteiger partial charge in [-0.15, -0.1) is 0 Å². The number of carbonyl (C=O) groups is 1. The van der Waals surface area contributed by atoms with Crippen LogP contribution < -0.4 is 9.47 Å². The number of benzene rings is 2. The summed E-state index contributed by atoms with van der Waals surface area (Å²) in [6, 6.07) is 10.3. The number of nitrogens with zero attached hydrogens (tertiary/aromatic N) is 2. The van der Waals surface area contributed by atoms with Gasteiger partial charge < -0.3 is 14.4 Å². The van der Waals surface area contributed by atoms with Gasteiger partial charge in [-0.1, -0.05) is 11.3 Å². The second-order valence-corrected chi connectivity index (χ2v) is 10.6. The zero-order valence-corrected chi connectivity index (χ0v) is 19.1. The van der Waals surface area contributed by atoms with Crippen molar-refractivity contribution < 1.29 is 27.1 Å². The van der Waals surface area contributed by atoms with E-state index in [1.54, 1.807) is 12.0 Å². The highest BCUT2D eigenvalue weighted by atomic mass is 32.2. The van der Waals surface area contributed by atoms with Gasteiger partial charge in [0, 0.05) is 32.4 Å². The Morgan fingerprint density at radius 2 is 1.91 bits per heavy atom. The summed E-state index contributed by atoms with van der Waals surface area (Å²) in [6.45, 7) is 0.998. The van der Waals surface area contributed by atoms with Crippen molar-refractivity contribution in [2.45, 2.75) is 30.3 Å². The molecule has 2 aromatic carbocycles. The van der Waals surface area contributed by atoms with Gasteiger partial charge in [-0.05, 0) is 42.5 Å². The van der Waals surface area contributed by atoms with Crippen molar-refractivity contribution >= 4 is 37.3 Å². The monoisotopic (exact) mass is 478 g/mol. The second kappa shape index (κ2) is 9.41. The molecule has 0 N–H and O–H groups in total. The van der Waals surface area contributed by atoms with Crippen LogP contribution in [0, 0.1) is 5.82 Å². The first kappa shape index (κ1) is 22.5. The highest BCUT2D eigenvalue weighted by Crippen LogP contribution is 2.32. The molecule has 0 radical (unpaired) electrons. The zero-order valence-electron chi connectivity index (χ0n) is 17.5. The Labute approximate surface area is 189 Å². The minimum Gasteiger partial charge on any atom is -0.497 e. The van der Waals surface area contributed by atoms with Crippen LogP contribution in [0.3, 0.4) is 0 Å². The van der Waals surface area contributed by atoms with Crippen LogP contribution in [0.15, 0.2) is 47.4 Å². The number of halogens is 1. The van der Waals surface area contributed by atoms with Gasteiger partial charge in [0.15, 0.2) is 9.84 Å². The van der Waals surface area contributed by atoms with Gasteiger partial charge >= 0.3 is 0 Å². The molecule has 170 valence electrons. The molecule has 0 aliphatic carbocycles. The second-order valence-electron chi connectivity index (χ2n) is 7.53. The Kier molecular flexibility index (Phi) is 6.61. The molecule has 32 heavy (non-hydrogen) atoms. The smallest absolute Gasteiger partial charge is 0.274 e. The van der Waals surface area contributed by atoms with Gasteiger partial charge in [0.2, 0.25) is 5.91 Å². The molecule has 0 saturated carbocycles. The predicted octanol–water partition coefficient (Wildman–Crippen LogP) is 3.68. The minimum atomic E-state index is -3.63. The molecule has 1 saturated heterocycles. The molecule has 3 aromatic rings. The molecule has 0 bridgehead atoms. The first-order valence-corrected chi connectivity index (χ1v) is 12.7. The van der Waals surface area contributed by atoms with Crippen LogP contribution in [0.2, 0.25) is 0 Å². The molecule has 1 aliphatic rings. The lowest BCUT2D eigenvalue weighted by molar-refractivity contribution is -0.132. The van der Waals surface area contributed by atoms with E-state index in [9.17, 15) is 17.6 Å². The third-order valence-electron chi connectivity index (χ3n) is 5.40. The molecule has 1 amide bonds. The van der Waals surface area contributed by atoms with Crippen LogP contribution in [-0.4, -0.2) is 56.3 Å². The number of piperidine rings is 1. The first-order valence-electron chi connectivity index (χ1n) is 10.2. The van der Waals surface area contributed by atoms with Crippen molar-refractivity contribution in [1.29, 1.82) is 0 Å². The summed E-state index contributed by atoms with van der Waals surface area (Å²) in [7, 11) is -2.02. The van der Waals surface area contributed by atoms with E-state index in [1.165, 1.54) is 23.5 Å². The third-order valence-corrected chi connectivity index (χ3v) is 8.04. The molecule has 10 heteroatoms. The predicted molar refractivity (Wildman–Crippen MR) is 119 cm³/mol. The van der Waals surface area contributed by atoms with Gasteiger partial charge in [-0.2, -0.15) is 0 Å². The molecular formula is C22H23FN2O5S2. The quantitative estimate of drug-likeness (QED) is 0.482. The maximum absolute atomic E-state index is 13.0. The summed E-state index contributed by atoms with van der Waals surface area (Å²) in [5, 5.41) is 0.587. The zero-order chi connectivity index (χ0) is 22.7. The van der Waals surface area contributed by atoms with E-state index >= 15 is 0 Å². The Morgan fingerprint density at radius 3 is 2.59 bits per heavy atom. The van der Waals surface area contributed by atoms with Crippen molar-refractivity contribution in [1.82, 2.24) is 9.88 Å². The minimum absolute atomic E-state index is 0.0206. The SMILES string of the molecule is COc1ccc2nc(OC3CCN(C(=O)CCS(=O)(=O)c4ccc(F)cc4)CC3)sc2c1. The molecule has 2 heterocycles. The largest absolute Gasteiger partial charge is 0.497 e. The molecule has 1 aliphatic heterocycles. The molecular weight excluding hydrogens is 455 g/mol. The number of hydrogen-bond acceptors (Lipinski definition) is 7. The number of rotatable bonds is 7. The van der Waals surface area contributed by atoms with Gasteiger partial charge in [-0.3, -0.25) is 4.79 Å². The third kappa shape index (κ3) is 5.18. The van der Waals surface area contributed by atoms with E-state index in [0.717, 1.165) is 28.1 Å². The summed E-state index contributed by atoms with van der Waals surface area (Å²) >= 11 is 1.45. The lowest BCUT2D eigenvalue weighted by atomic mass is 10.1. The molecule has 4 rings (SSSR count). The summed E-state index contributed by atoms with van der Waals surface area (Å²) in [5.41, 5.74) is 0.848. The number of hydrogen-bond donors (Lipinski definition) is 0.